The van der Waals surface area contributed by atoms with Crippen LogP contribution in [0.3, 0.4) is 0 Å². The Hall–Kier alpha value is -3.03. The summed E-state index contributed by atoms with van der Waals surface area (Å²) >= 11 is 0. The maximum atomic E-state index is 13.2. The molecule has 4 aromatic rings. The molecule has 0 spiro atoms. The third-order valence-corrected chi connectivity index (χ3v) is 6.50. The predicted octanol–water partition coefficient (Wildman–Crippen LogP) is 4.21. The number of halogens is 1. The number of hydrogen-bond acceptors (Lipinski definition) is 4. The van der Waals surface area contributed by atoms with Gasteiger partial charge < -0.3 is 24.5 Å². The molecule has 1 saturated heterocycles. The fraction of sp³-hybridized carbons (Fsp3) is 0.360. The van der Waals surface area contributed by atoms with E-state index in [1.54, 1.807) is 7.11 Å². The number of likely N-dealkylation sites (tertiary alicyclic amines) is 1. The number of rotatable bonds is 4. The van der Waals surface area contributed by atoms with Gasteiger partial charge in [-0.1, -0.05) is 18.2 Å². The topological polar surface area (TPSA) is 78.3 Å². The highest BCUT2D eigenvalue weighted by molar-refractivity contribution is 6.00. The van der Waals surface area contributed by atoms with Gasteiger partial charge in [0.15, 0.2) is 5.82 Å². The summed E-state index contributed by atoms with van der Waals surface area (Å²) in [6, 6.07) is 14.3. The fourth-order valence-electron chi connectivity index (χ4n) is 4.93. The van der Waals surface area contributed by atoms with Gasteiger partial charge in [0.2, 0.25) is 0 Å². The van der Waals surface area contributed by atoms with E-state index in [-0.39, 0.29) is 24.4 Å². The second-order valence-electron chi connectivity index (χ2n) is 8.53. The molecule has 2 aromatic heterocycles. The van der Waals surface area contributed by atoms with Gasteiger partial charge in [0.25, 0.3) is 5.91 Å². The Morgan fingerprint density at radius 3 is 2.76 bits per heavy atom. The lowest BCUT2D eigenvalue weighted by Crippen LogP contribution is -2.45. The van der Waals surface area contributed by atoms with Crippen LogP contribution in [0, 0.1) is 0 Å². The number of methoxy groups -OCH3 is 1. The Morgan fingerprint density at radius 2 is 2.03 bits per heavy atom. The van der Waals surface area contributed by atoms with Crippen molar-refractivity contribution in [3.05, 3.63) is 48.0 Å². The summed E-state index contributed by atoms with van der Waals surface area (Å²) in [6.07, 6.45) is 1.89. The number of imidazole rings is 1. The molecule has 1 aliphatic heterocycles. The molecular formula is C25H30ClN5O2. The van der Waals surface area contributed by atoms with Crippen LogP contribution in [0.15, 0.2) is 42.5 Å². The van der Waals surface area contributed by atoms with E-state index in [1.807, 2.05) is 24.1 Å². The van der Waals surface area contributed by atoms with Crippen LogP contribution in [0.1, 0.15) is 30.1 Å². The van der Waals surface area contributed by atoms with Crippen molar-refractivity contribution >= 4 is 40.3 Å². The molecule has 8 heteroatoms. The molecule has 0 bridgehead atoms. The van der Waals surface area contributed by atoms with Crippen LogP contribution in [-0.2, 0) is 13.6 Å². The molecule has 0 saturated carbocycles. The summed E-state index contributed by atoms with van der Waals surface area (Å²) in [5, 5.41) is 1.18. The second kappa shape index (κ2) is 9.08. The van der Waals surface area contributed by atoms with E-state index in [0.717, 1.165) is 48.5 Å². The molecule has 7 nitrogen and oxygen atoms in total. The molecule has 33 heavy (non-hydrogen) atoms. The van der Waals surface area contributed by atoms with E-state index in [4.69, 9.17) is 15.5 Å². The number of aryl methyl sites for hydroxylation is 2. The zero-order chi connectivity index (χ0) is 22.4. The van der Waals surface area contributed by atoms with E-state index >= 15 is 0 Å². The number of nitrogens with zero attached hydrogens (tertiary/aromatic N) is 4. The Bertz CT molecular complexity index is 1330. The average molecular weight is 468 g/mol. The van der Waals surface area contributed by atoms with Crippen molar-refractivity contribution in [3.63, 3.8) is 0 Å². The van der Waals surface area contributed by atoms with E-state index in [2.05, 4.69) is 46.4 Å². The molecule has 2 aromatic carbocycles. The normalized spacial score (nSPS) is 16.2. The smallest absolute Gasteiger partial charge is 0.254 e. The lowest BCUT2D eigenvalue weighted by molar-refractivity contribution is 0.0708. The van der Waals surface area contributed by atoms with Crippen LogP contribution in [-0.4, -0.2) is 51.2 Å². The molecule has 174 valence electrons. The first-order valence-electron chi connectivity index (χ1n) is 11.2. The number of piperidine rings is 1. The quantitative estimate of drug-likeness (QED) is 0.487. The van der Waals surface area contributed by atoms with Crippen molar-refractivity contribution < 1.29 is 9.53 Å². The highest BCUT2D eigenvalue weighted by atomic mass is 35.5. The number of benzene rings is 2. The van der Waals surface area contributed by atoms with E-state index in [9.17, 15) is 4.79 Å². The van der Waals surface area contributed by atoms with Gasteiger partial charge in [0.1, 0.15) is 11.3 Å². The van der Waals surface area contributed by atoms with Crippen molar-refractivity contribution in [2.75, 3.05) is 20.2 Å². The first kappa shape index (κ1) is 23.1. The molecule has 3 heterocycles. The minimum absolute atomic E-state index is 0. The molecule has 1 atom stereocenters. The number of ether oxygens (including phenoxy) is 1. The van der Waals surface area contributed by atoms with Gasteiger partial charge in [-0.3, -0.25) is 4.79 Å². The van der Waals surface area contributed by atoms with Crippen molar-refractivity contribution in [2.24, 2.45) is 12.8 Å². The first-order valence-corrected chi connectivity index (χ1v) is 11.2. The third kappa shape index (κ3) is 3.85. The fourth-order valence-corrected chi connectivity index (χ4v) is 4.93. The minimum atomic E-state index is -0.0183. The number of fused-ring (bicyclic) bond motifs is 2. The van der Waals surface area contributed by atoms with Gasteiger partial charge in [-0.05, 0) is 44.0 Å². The van der Waals surface area contributed by atoms with Gasteiger partial charge in [-0.15, -0.1) is 12.4 Å². The van der Waals surface area contributed by atoms with Gasteiger partial charge in [0.05, 0.1) is 18.3 Å². The number of amides is 1. The number of carbonyl (C=O) groups is 1. The number of aromatic nitrogens is 3. The standard InChI is InChI=1S/C25H29N5O2.ClH/c1-4-30-20-10-6-5-8-16(20)13-21(30)24-27-19-12-17(14-22(32-3)23(19)28(24)2)25(31)29-11-7-9-18(26)15-29;/h5-6,8,10,12-14,18H,4,7,9,11,15,26H2,1-3H3;1H/t18-;/m1./s1. The summed E-state index contributed by atoms with van der Waals surface area (Å²) in [5.74, 6) is 1.48. The Morgan fingerprint density at radius 1 is 1.24 bits per heavy atom. The monoisotopic (exact) mass is 467 g/mol. The molecule has 5 rings (SSSR count). The second-order valence-corrected chi connectivity index (χ2v) is 8.53. The van der Waals surface area contributed by atoms with Crippen molar-refractivity contribution in [3.8, 4) is 17.3 Å². The Labute approximate surface area is 199 Å². The van der Waals surface area contributed by atoms with Crippen LogP contribution in [0.25, 0.3) is 33.5 Å². The number of hydrogen-bond donors (Lipinski definition) is 1. The zero-order valence-electron chi connectivity index (χ0n) is 19.2. The molecule has 1 fully saturated rings. The maximum absolute atomic E-state index is 13.2. The molecule has 1 aliphatic rings. The molecular weight excluding hydrogens is 438 g/mol. The van der Waals surface area contributed by atoms with Gasteiger partial charge in [-0.2, -0.15) is 0 Å². The van der Waals surface area contributed by atoms with E-state index in [1.165, 1.54) is 10.9 Å². The summed E-state index contributed by atoms with van der Waals surface area (Å²) in [7, 11) is 3.63. The molecule has 1 amide bonds. The van der Waals surface area contributed by atoms with Gasteiger partial charge >= 0.3 is 0 Å². The number of nitrogens with two attached hydrogens (primary N) is 1. The van der Waals surface area contributed by atoms with Crippen LogP contribution in [0.4, 0.5) is 0 Å². The van der Waals surface area contributed by atoms with E-state index in [0.29, 0.717) is 17.9 Å². The van der Waals surface area contributed by atoms with Crippen LogP contribution in [0.2, 0.25) is 0 Å². The Kier molecular flexibility index (Phi) is 6.36. The van der Waals surface area contributed by atoms with Crippen LogP contribution < -0.4 is 10.5 Å². The van der Waals surface area contributed by atoms with Crippen molar-refractivity contribution in [2.45, 2.75) is 32.4 Å². The minimum Gasteiger partial charge on any atom is -0.494 e. The summed E-state index contributed by atoms with van der Waals surface area (Å²) in [5.41, 5.74) is 10.5. The van der Waals surface area contributed by atoms with Crippen LogP contribution >= 0.6 is 12.4 Å². The molecule has 0 aliphatic carbocycles. The summed E-state index contributed by atoms with van der Waals surface area (Å²) < 4.78 is 10.0. The average Bonchev–Trinajstić information content (AvgIpc) is 3.35. The predicted molar refractivity (Wildman–Crippen MR) is 134 cm³/mol. The van der Waals surface area contributed by atoms with Gasteiger partial charge in [0, 0.05) is 49.2 Å². The first-order chi connectivity index (χ1) is 15.5. The SMILES string of the molecule is CCn1c(-c2nc3cc(C(=O)N4CCC[C@@H](N)C4)cc(OC)c3n2C)cc2ccccc21.Cl. The maximum Gasteiger partial charge on any atom is 0.254 e. The van der Waals surface area contributed by atoms with Crippen molar-refractivity contribution in [1.82, 2.24) is 19.0 Å². The van der Waals surface area contributed by atoms with Crippen molar-refractivity contribution in [1.29, 1.82) is 0 Å². The lowest BCUT2D eigenvalue weighted by Gasteiger charge is -2.30. The van der Waals surface area contributed by atoms with E-state index < -0.39 is 0 Å². The highest BCUT2D eigenvalue weighted by Crippen LogP contribution is 2.34. The summed E-state index contributed by atoms with van der Waals surface area (Å²) in [4.78, 5) is 20.0. The lowest BCUT2D eigenvalue weighted by atomic mass is 10.0. The zero-order valence-corrected chi connectivity index (χ0v) is 20.1. The van der Waals surface area contributed by atoms with Crippen LogP contribution in [0.5, 0.6) is 5.75 Å². The molecule has 2 N–H and O–H groups in total. The third-order valence-electron chi connectivity index (χ3n) is 6.50. The number of para-hydroxylation sites is 1. The molecule has 0 unspecified atom stereocenters. The number of carbonyl (C=O) groups excluding carboxylic acids is 1. The van der Waals surface area contributed by atoms with Gasteiger partial charge in [-0.25, -0.2) is 4.98 Å². The largest absolute Gasteiger partial charge is 0.494 e. The Balaban J connectivity index is 0.00000259. The highest BCUT2D eigenvalue weighted by Gasteiger charge is 2.25. The molecule has 0 radical (unpaired) electrons. The summed E-state index contributed by atoms with van der Waals surface area (Å²) in [6.45, 7) is 4.29.